The minimum atomic E-state index is -0.230. The summed E-state index contributed by atoms with van der Waals surface area (Å²) in [6.45, 7) is 7.18. The fraction of sp³-hybridized carbons (Fsp3) is 0.316. The third kappa shape index (κ3) is 3.38. The smallest absolute Gasteiger partial charge is 0.255 e. The molecule has 0 radical (unpaired) electrons. The summed E-state index contributed by atoms with van der Waals surface area (Å²) in [5, 5.41) is 11.1. The van der Waals surface area contributed by atoms with Gasteiger partial charge in [-0.1, -0.05) is 5.16 Å². The number of hydrogen-bond acceptors (Lipinski definition) is 6. The Balaban J connectivity index is 1.49. The number of amides is 1. The lowest BCUT2D eigenvalue weighted by molar-refractivity contribution is 0.102. The third-order valence-corrected chi connectivity index (χ3v) is 4.48. The van der Waals surface area contributed by atoms with Crippen LogP contribution in [0, 0.1) is 20.8 Å². The molecule has 4 rings (SSSR count). The summed E-state index contributed by atoms with van der Waals surface area (Å²) < 4.78 is 18.1. The van der Waals surface area contributed by atoms with Crippen molar-refractivity contribution in [2.24, 2.45) is 0 Å². The third-order valence-electron chi connectivity index (χ3n) is 4.48. The van der Waals surface area contributed by atoms with E-state index in [1.807, 2.05) is 20.8 Å². The molecule has 3 aromatic rings. The zero-order valence-electron chi connectivity index (χ0n) is 15.4. The summed E-state index contributed by atoms with van der Waals surface area (Å²) in [5.41, 5.74) is 3.81. The van der Waals surface area contributed by atoms with Crippen molar-refractivity contribution in [3.63, 3.8) is 0 Å². The van der Waals surface area contributed by atoms with Crippen molar-refractivity contribution in [1.29, 1.82) is 0 Å². The van der Waals surface area contributed by atoms with Gasteiger partial charge in [-0.05, 0) is 38.5 Å². The maximum atomic E-state index is 12.6. The zero-order chi connectivity index (χ0) is 19.0. The van der Waals surface area contributed by atoms with Crippen LogP contribution in [0.4, 0.5) is 5.69 Å². The van der Waals surface area contributed by atoms with Crippen LogP contribution in [0.25, 0.3) is 0 Å². The summed E-state index contributed by atoms with van der Waals surface area (Å²) in [7, 11) is 0. The van der Waals surface area contributed by atoms with E-state index in [1.165, 1.54) is 0 Å². The van der Waals surface area contributed by atoms with Crippen LogP contribution in [0.5, 0.6) is 11.5 Å². The van der Waals surface area contributed by atoms with E-state index in [0.29, 0.717) is 42.5 Å². The SMILES string of the molecule is Cc1cc(C(=O)Nc2cnn(Cc3c(C)noc3C)c2)cc2c1OCCO2. The van der Waals surface area contributed by atoms with Crippen molar-refractivity contribution < 1.29 is 18.8 Å². The van der Waals surface area contributed by atoms with Crippen LogP contribution in [-0.2, 0) is 6.54 Å². The molecule has 1 N–H and O–H groups in total. The molecule has 0 fully saturated rings. The summed E-state index contributed by atoms with van der Waals surface area (Å²) in [5.74, 6) is 1.83. The number of nitrogens with one attached hydrogen (secondary N) is 1. The molecule has 2 aromatic heterocycles. The minimum Gasteiger partial charge on any atom is -0.486 e. The Kier molecular flexibility index (Phi) is 4.31. The first kappa shape index (κ1) is 17.1. The van der Waals surface area contributed by atoms with Crippen molar-refractivity contribution in [3.05, 3.63) is 52.7 Å². The molecular weight excluding hydrogens is 348 g/mol. The van der Waals surface area contributed by atoms with Crippen molar-refractivity contribution in [2.75, 3.05) is 18.5 Å². The molecule has 1 amide bonds. The van der Waals surface area contributed by atoms with E-state index in [2.05, 4.69) is 15.6 Å². The Morgan fingerprint density at radius 1 is 1.22 bits per heavy atom. The number of aromatic nitrogens is 3. The van der Waals surface area contributed by atoms with Crippen molar-refractivity contribution >= 4 is 11.6 Å². The summed E-state index contributed by atoms with van der Waals surface area (Å²) >= 11 is 0. The second-order valence-electron chi connectivity index (χ2n) is 6.50. The molecule has 140 valence electrons. The molecule has 0 unspecified atom stereocenters. The van der Waals surface area contributed by atoms with Gasteiger partial charge in [0.1, 0.15) is 19.0 Å². The number of ether oxygens (including phenoxy) is 2. The average molecular weight is 368 g/mol. The predicted molar refractivity (Wildman–Crippen MR) is 97.4 cm³/mol. The molecule has 0 aliphatic carbocycles. The van der Waals surface area contributed by atoms with Gasteiger partial charge >= 0.3 is 0 Å². The van der Waals surface area contributed by atoms with Crippen LogP contribution >= 0.6 is 0 Å². The molecule has 1 aromatic carbocycles. The van der Waals surface area contributed by atoms with Gasteiger partial charge in [0.25, 0.3) is 5.91 Å². The first-order valence-electron chi connectivity index (χ1n) is 8.67. The van der Waals surface area contributed by atoms with Gasteiger partial charge in [-0.2, -0.15) is 5.10 Å². The number of rotatable bonds is 4. The highest BCUT2D eigenvalue weighted by molar-refractivity contribution is 6.04. The Bertz CT molecular complexity index is 986. The largest absolute Gasteiger partial charge is 0.486 e. The van der Waals surface area contributed by atoms with Gasteiger partial charge in [0.2, 0.25) is 0 Å². The minimum absolute atomic E-state index is 0.230. The van der Waals surface area contributed by atoms with Crippen LogP contribution in [0.15, 0.2) is 29.0 Å². The van der Waals surface area contributed by atoms with E-state index < -0.39 is 0 Å². The maximum absolute atomic E-state index is 12.6. The molecule has 3 heterocycles. The van der Waals surface area contributed by atoms with Crippen molar-refractivity contribution in [1.82, 2.24) is 14.9 Å². The van der Waals surface area contributed by atoms with Crippen molar-refractivity contribution in [3.8, 4) is 11.5 Å². The van der Waals surface area contributed by atoms with Gasteiger partial charge < -0.3 is 19.3 Å². The zero-order valence-corrected chi connectivity index (χ0v) is 15.4. The van der Waals surface area contributed by atoms with E-state index in [9.17, 15) is 4.79 Å². The molecule has 1 aliphatic rings. The number of fused-ring (bicyclic) bond motifs is 1. The second kappa shape index (κ2) is 6.79. The molecule has 27 heavy (non-hydrogen) atoms. The lowest BCUT2D eigenvalue weighted by Crippen LogP contribution is -2.18. The quantitative estimate of drug-likeness (QED) is 0.761. The number of benzene rings is 1. The Hall–Kier alpha value is -3.29. The highest BCUT2D eigenvalue weighted by atomic mass is 16.6. The molecule has 0 atom stereocenters. The van der Waals surface area contributed by atoms with Gasteiger partial charge in [0.15, 0.2) is 11.5 Å². The number of aryl methyl sites for hydroxylation is 3. The molecule has 0 bridgehead atoms. The van der Waals surface area contributed by atoms with Crippen molar-refractivity contribution in [2.45, 2.75) is 27.3 Å². The Labute approximate surface area is 156 Å². The normalized spacial score (nSPS) is 12.9. The number of carbonyl (C=O) groups excluding carboxylic acids is 1. The molecule has 8 heteroatoms. The topological polar surface area (TPSA) is 91.4 Å². The highest BCUT2D eigenvalue weighted by Crippen LogP contribution is 2.34. The monoisotopic (exact) mass is 368 g/mol. The van der Waals surface area contributed by atoms with E-state index >= 15 is 0 Å². The van der Waals surface area contributed by atoms with Gasteiger partial charge in [0.05, 0.1) is 24.1 Å². The lowest BCUT2D eigenvalue weighted by atomic mass is 10.1. The van der Waals surface area contributed by atoms with Crippen LogP contribution in [-0.4, -0.2) is 34.1 Å². The Morgan fingerprint density at radius 2 is 2.04 bits per heavy atom. The number of carbonyl (C=O) groups is 1. The van der Waals surface area contributed by atoms with E-state index in [-0.39, 0.29) is 5.91 Å². The number of nitrogens with zero attached hydrogens (tertiary/aromatic N) is 3. The molecule has 1 aliphatic heterocycles. The Morgan fingerprint density at radius 3 is 2.81 bits per heavy atom. The standard InChI is InChI=1S/C19H20N4O4/c1-11-6-14(7-17-18(11)26-5-4-25-17)19(24)21-15-8-20-23(9-15)10-16-12(2)22-27-13(16)3/h6-9H,4-5,10H2,1-3H3,(H,21,24). The van der Waals surface area contributed by atoms with E-state index in [0.717, 1.165) is 22.6 Å². The second-order valence-corrected chi connectivity index (χ2v) is 6.50. The maximum Gasteiger partial charge on any atom is 0.255 e. The molecule has 0 spiro atoms. The van der Waals surface area contributed by atoms with Crippen LogP contribution < -0.4 is 14.8 Å². The first-order chi connectivity index (χ1) is 13.0. The van der Waals surface area contributed by atoms with Gasteiger partial charge in [-0.15, -0.1) is 0 Å². The molecule has 0 saturated heterocycles. The summed E-state index contributed by atoms with van der Waals surface area (Å²) in [6.07, 6.45) is 3.38. The number of anilines is 1. The van der Waals surface area contributed by atoms with Crippen LogP contribution in [0.3, 0.4) is 0 Å². The fourth-order valence-corrected chi connectivity index (χ4v) is 3.07. The van der Waals surface area contributed by atoms with Crippen LogP contribution in [0.1, 0.15) is 32.9 Å². The van der Waals surface area contributed by atoms with Gasteiger partial charge in [-0.25, -0.2) is 0 Å². The summed E-state index contributed by atoms with van der Waals surface area (Å²) in [4.78, 5) is 12.6. The average Bonchev–Trinajstić information content (AvgIpc) is 3.23. The predicted octanol–water partition coefficient (Wildman–Crippen LogP) is 2.87. The fourth-order valence-electron chi connectivity index (χ4n) is 3.07. The highest BCUT2D eigenvalue weighted by Gasteiger charge is 2.18. The summed E-state index contributed by atoms with van der Waals surface area (Å²) in [6, 6.07) is 3.49. The lowest BCUT2D eigenvalue weighted by Gasteiger charge is -2.20. The first-order valence-corrected chi connectivity index (χ1v) is 8.67. The van der Waals surface area contributed by atoms with Crippen LogP contribution in [0.2, 0.25) is 0 Å². The van der Waals surface area contributed by atoms with Gasteiger partial charge in [0, 0.05) is 17.3 Å². The molecular formula is C19H20N4O4. The van der Waals surface area contributed by atoms with E-state index in [1.54, 1.807) is 29.2 Å². The number of hydrogen-bond donors (Lipinski definition) is 1. The molecule has 0 saturated carbocycles. The van der Waals surface area contributed by atoms with Gasteiger partial charge in [-0.3, -0.25) is 9.48 Å². The molecule has 8 nitrogen and oxygen atoms in total. The van der Waals surface area contributed by atoms with E-state index in [4.69, 9.17) is 14.0 Å².